The second kappa shape index (κ2) is 5.67. The van der Waals surface area contributed by atoms with Crippen LogP contribution in [0.1, 0.15) is 33.6 Å². The normalized spacial score (nSPS) is 11.7. The summed E-state index contributed by atoms with van der Waals surface area (Å²) in [6, 6.07) is 0. The van der Waals surface area contributed by atoms with E-state index < -0.39 is 0 Å². The minimum absolute atomic E-state index is 0.845. The second-order valence-electron chi connectivity index (χ2n) is 2.19. The van der Waals surface area contributed by atoms with Gasteiger partial charge in [0.2, 0.25) is 0 Å². The van der Waals surface area contributed by atoms with E-state index in [0.717, 1.165) is 19.4 Å². The van der Waals surface area contributed by atoms with E-state index in [1.54, 1.807) is 0 Å². The van der Waals surface area contributed by atoms with E-state index >= 15 is 0 Å². The molecule has 1 nitrogen and oxygen atoms in total. The fourth-order valence-electron chi connectivity index (χ4n) is 0.402. The third kappa shape index (κ3) is 5.41. The Bertz CT molecular complexity index is 84.6. The van der Waals surface area contributed by atoms with Crippen LogP contribution in [0.4, 0.5) is 0 Å². The number of hydrogen-bond acceptors (Lipinski definition) is 1. The molecule has 0 aromatic carbocycles. The summed E-state index contributed by atoms with van der Waals surface area (Å²) in [4.78, 5) is 0. The summed E-state index contributed by atoms with van der Waals surface area (Å²) in [6.07, 6.45) is 4.03. The van der Waals surface area contributed by atoms with Gasteiger partial charge in [0, 0.05) is 0 Å². The molecule has 0 atom stereocenters. The van der Waals surface area contributed by atoms with Crippen molar-refractivity contribution in [3.05, 3.63) is 11.8 Å². The highest BCUT2D eigenvalue weighted by atomic mass is 16.5. The van der Waals surface area contributed by atoms with Crippen LogP contribution in [0.25, 0.3) is 0 Å². The first-order valence-electron chi connectivity index (χ1n) is 3.58. The zero-order chi connectivity index (χ0) is 7.11. The van der Waals surface area contributed by atoms with Crippen LogP contribution in [0.2, 0.25) is 0 Å². The molecule has 9 heavy (non-hydrogen) atoms. The Morgan fingerprint density at radius 1 is 1.44 bits per heavy atom. The van der Waals surface area contributed by atoms with Crippen molar-refractivity contribution in [3.8, 4) is 0 Å². The highest BCUT2D eigenvalue weighted by Gasteiger charge is 1.81. The van der Waals surface area contributed by atoms with Crippen LogP contribution >= 0.6 is 0 Å². The summed E-state index contributed by atoms with van der Waals surface area (Å²) in [5.74, 6) is 0. The van der Waals surface area contributed by atoms with Gasteiger partial charge in [-0.1, -0.05) is 13.8 Å². The van der Waals surface area contributed by atoms with Gasteiger partial charge in [0.15, 0.2) is 0 Å². The van der Waals surface area contributed by atoms with Gasteiger partial charge in [-0.05, 0) is 25.3 Å². The molecule has 0 aliphatic rings. The molecule has 0 aliphatic carbocycles. The molecule has 0 rings (SSSR count). The first-order chi connectivity index (χ1) is 4.31. The van der Waals surface area contributed by atoms with E-state index in [1.165, 1.54) is 5.57 Å². The highest BCUT2D eigenvalue weighted by Crippen LogP contribution is 1.97. The minimum atomic E-state index is 0.845. The molecular formula is C8H16O. The maximum Gasteiger partial charge on any atom is 0.0870 e. The van der Waals surface area contributed by atoms with Gasteiger partial charge in [0.05, 0.1) is 12.9 Å². The SMILES string of the molecule is CCCOC=C(C)CC. The smallest absolute Gasteiger partial charge is 0.0870 e. The molecule has 0 saturated carbocycles. The standard InChI is InChI=1S/C8H16O/c1-4-6-9-7-8(3)5-2/h7H,4-6H2,1-3H3. The number of rotatable bonds is 4. The third-order valence-corrected chi connectivity index (χ3v) is 1.16. The van der Waals surface area contributed by atoms with Crippen molar-refractivity contribution >= 4 is 0 Å². The number of ether oxygens (including phenoxy) is 1. The molecule has 0 bridgehead atoms. The van der Waals surface area contributed by atoms with Gasteiger partial charge in [-0.15, -0.1) is 0 Å². The van der Waals surface area contributed by atoms with E-state index in [4.69, 9.17) is 4.74 Å². The van der Waals surface area contributed by atoms with Gasteiger partial charge in [0.1, 0.15) is 0 Å². The average molecular weight is 128 g/mol. The van der Waals surface area contributed by atoms with Crippen molar-refractivity contribution in [1.82, 2.24) is 0 Å². The molecule has 54 valence electrons. The lowest BCUT2D eigenvalue weighted by atomic mass is 10.3. The molecule has 0 fully saturated rings. The zero-order valence-electron chi connectivity index (χ0n) is 6.61. The largest absolute Gasteiger partial charge is 0.501 e. The molecule has 0 heterocycles. The Balaban J connectivity index is 3.21. The van der Waals surface area contributed by atoms with Gasteiger partial charge in [-0.3, -0.25) is 0 Å². The Kier molecular flexibility index (Phi) is 5.38. The first kappa shape index (κ1) is 8.54. The molecule has 0 aromatic heterocycles. The monoisotopic (exact) mass is 128 g/mol. The van der Waals surface area contributed by atoms with Gasteiger partial charge < -0.3 is 4.74 Å². The van der Waals surface area contributed by atoms with E-state index in [-0.39, 0.29) is 0 Å². The first-order valence-corrected chi connectivity index (χ1v) is 3.58. The van der Waals surface area contributed by atoms with Crippen LogP contribution in [0.5, 0.6) is 0 Å². The van der Waals surface area contributed by atoms with Gasteiger partial charge >= 0.3 is 0 Å². The Morgan fingerprint density at radius 3 is 2.56 bits per heavy atom. The molecule has 0 saturated heterocycles. The number of hydrogen-bond donors (Lipinski definition) is 0. The van der Waals surface area contributed by atoms with Crippen LogP contribution in [0, 0.1) is 0 Å². The van der Waals surface area contributed by atoms with Gasteiger partial charge in [-0.25, -0.2) is 0 Å². The predicted molar refractivity (Wildman–Crippen MR) is 40.3 cm³/mol. The van der Waals surface area contributed by atoms with E-state index in [1.807, 2.05) is 6.26 Å². The van der Waals surface area contributed by atoms with E-state index in [2.05, 4.69) is 20.8 Å². The summed E-state index contributed by atoms with van der Waals surface area (Å²) in [6.45, 7) is 7.16. The molecule has 0 spiro atoms. The summed E-state index contributed by atoms with van der Waals surface area (Å²) >= 11 is 0. The van der Waals surface area contributed by atoms with E-state index in [0.29, 0.717) is 0 Å². The van der Waals surface area contributed by atoms with Crippen molar-refractivity contribution in [1.29, 1.82) is 0 Å². The molecule has 0 unspecified atom stereocenters. The summed E-state index contributed by atoms with van der Waals surface area (Å²) in [5.41, 5.74) is 1.31. The van der Waals surface area contributed by atoms with E-state index in [9.17, 15) is 0 Å². The van der Waals surface area contributed by atoms with Gasteiger partial charge in [0.25, 0.3) is 0 Å². The summed E-state index contributed by atoms with van der Waals surface area (Å²) in [5, 5.41) is 0. The minimum Gasteiger partial charge on any atom is -0.501 e. The fraction of sp³-hybridized carbons (Fsp3) is 0.750. The van der Waals surface area contributed by atoms with Crippen LogP contribution < -0.4 is 0 Å². The molecular weight excluding hydrogens is 112 g/mol. The van der Waals surface area contributed by atoms with Crippen molar-refractivity contribution in [2.75, 3.05) is 6.61 Å². The third-order valence-electron chi connectivity index (χ3n) is 1.16. The van der Waals surface area contributed by atoms with Crippen molar-refractivity contribution in [3.63, 3.8) is 0 Å². The average Bonchev–Trinajstić information content (AvgIpc) is 1.89. The second-order valence-corrected chi connectivity index (χ2v) is 2.19. The molecule has 0 N–H and O–H groups in total. The van der Waals surface area contributed by atoms with Crippen molar-refractivity contribution in [2.45, 2.75) is 33.6 Å². The summed E-state index contributed by atoms with van der Waals surface area (Å²) in [7, 11) is 0. The number of allylic oxidation sites excluding steroid dienone is 1. The fourth-order valence-corrected chi connectivity index (χ4v) is 0.402. The molecule has 1 heteroatoms. The highest BCUT2D eigenvalue weighted by molar-refractivity contribution is 4.90. The molecule has 0 aliphatic heterocycles. The van der Waals surface area contributed by atoms with Crippen LogP contribution in [0.15, 0.2) is 11.8 Å². The maximum atomic E-state index is 5.17. The zero-order valence-corrected chi connectivity index (χ0v) is 6.61. The lowest BCUT2D eigenvalue weighted by Crippen LogP contribution is -1.84. The Labute approximate surface area is 57.7 Å². The Morgan fingerprint density at radius 2 is 2.11 bits per heavy atom. The van der Waals surface area contributed by atoms with Crippen LogP contribution in [0.3, 0.4) is 0 Å². The molecule has 0 amide bonds. The van der Waals surface area contributed by atoms with Gasteiger partial charge in [-0.2, -0.15) is 0 Å². The predicted octanol–water partition coefficient (Wildman–Crippen LogP) is 2.73. The summed E-state index contributed by atoms with van der Waals surface area (Å²) < 4.78 is 5.17. The van der Waals surface area contributed by atoms with Crippen LogP contribution in [-0.2, 0) is 4.74 Å². The topological polar surface area (TPSA) is 9.23 Å². The molecule has 0 radical (unpaired) electrons. The van der Waals surface area contributed by atoms with Crippen molar-refractivity contribution in [2.24, 2.45) is 0 Å². The lowest BCUT2D eigenvalue weighted by Gasteiger charge is -1.97. The van der Waals surface area contributed by atoms with Crippen LogP contribution in [-0.4, -0.2) is 6.61 Å². The molecule has 0 aromatic rings. The lowest BCUT2D eigenvalue weighted by molar-refractivity contribution is 0.246. The Hall–Kier alpha value is -0.460. The quantitative estimate of drug-likeness (QED) is 0.418. The maximum absolute atomic E-state index is 5.17. The van der Waals surface area contributed by atoms with Crippen molar-refractivity contribution < 1.29 is 4.74 Å².